The second-order valence-electron chi connectivity index (χ2n) is 4.57. The first-order valence-corrected chi connectivity index (χ1v) is 6.77. The molecule has 1 aliphatic rings. The lowest BCUT2D eigenvalue weighted by atomic mass is 10.1. The maximum absolute atomic E-state index is 5.54. The number of anilines is 1. The van der Waals surface area contributed by atoms with Gasteiger partial charge in [0.15, 0.2) is 5.82 Å². The second-order valence-corrected chi connectivity index (χ2v) is 4.57. The van der Waals surface area contributed by atoms with Crippen LogP contribution in [0.3, 0.4) is 0 Å². The number of rotatable bonds is 7. The first-order chi connectivity index (χ1) is 8.85. The van der Waals surface area contributed by atoms with Gasteiger partial charge in [-0.25, -0.2) is 0 Å². The van der Waals surface area contributed by atoms with Crippen LogP contribution in [0, 0.1) is 0 Å². The summed E-state index contributed by atoms with van der Waals surface area (Å²) >= 11 is 0. The lowest BCUT2D eigenvalue weighted by molar-refractivity contribution is 0.303. The van der Waals surface area contributed by atoms with Crippen LogP contribution in [0.1, 0.15) is 26.7 Å². The normalized spacial score (nSPS) is 15.2. The monoisotopic (exact) mass is 250 g/mol. The van der Waals surface area contributed by atoms with Crippen LogP contribution in [0.5, 0.6) is 5.88 Å². The molecule has 1 fully saturated rings. The van der Waals surface area contributed by atoms with Gasteiger partial charge in [-0.1, -0.05) is 13.8 Å². The van der Waals surface area contributed by atoms with Crippen molar-refractivity contribution >= 4 is 5.82 Å². The smallest absolute Gasteiger partial charge is 0.234 e. The van der Waals surface area contributed by atoms with Gasteiger partial charge in [0.2, 0.25) is 5.88 Å². The summed E-state index contributed by atoms with van der Waals surface area (Å²) in [5, 5.41) is 3.30. The van der Waals surface area contributed by atoms with Crippen LogP contribution in [-0.2, 0) is 0 Å². The molecule has 0 aromatic carbocycles. The zero-order chi connectivity index (χ0) is 12.8. The molecule has 5 heteroatoms. The Labute approximate surface area is 109 Å². The largest absolute Gasteiger partial charge is 0.477 e. The fraction of sp³-hybridized carbons (Fsp3) is 0.692. The average molecular weight is 250 g/mol. The molecule has 0 atom stereocenters. The third-order valence-corrected chi connectivity index (χ3v) is 3.01. The molecule has 2 rings (SSSR count). The van der Waals surface area contributed by atoms with Crippen molar-refractivity contribution in [3.05, 3.63) is 12.4 Å². The molecular weight excluding hydrogens is 228 g/mol. The van der Waals surface area contributed by atoms with Gasteiger partial charge in [0, 0.05) is 19.6 Å². The molecule has 0 bridgehead atoms. The number of aromatic nitrogens is 2. The van der Waals surface area contributed by atoms with E-state index in [1.165, 1.54) is 0 Å². The molecule has 1 saturated heterocycles. The quantitative estimate of drug-likeness (QED) is 0.794. The Balaban J connectivity index is 2.08. The fourth-order valence-electron chi connectivity index (χ4n) is 1.97. The van der Waals surface area contributed by atoms with Gasteiger partial charge in [0.25, 0.3) is 0 Å². The predicted octanol–water partition coefficient (Wildman–Crippen LogP) is 1.45. The molecule has 1 N–H and O–H groups in total. The topological polar surface area (TPSA) is 50.3 Å². The molecule has 100 valence electrons. The molecule has 0 radical (unpaired) electrons. The van der Waals surface area contributed by atoms with Crippen molar-refractivity contribution < 1.29 is 4.74 Å². The molecule has 0 saturated carbocycles. The summed E-state index contributed by atoms with van der Waals surface area (Å²) < 4.78 is 5.54. The summed E-state index contributed by atoms with van der Waals surface area (Å²) in [5.74, 6) is 1.56. The van der Waals surface area contributed by atoms with Crippen molar-refractivity contribution in [3.63, 3.8) is 0 Å². The zero-order valence-corrected chi connectivity index (χ0v) is 11.2. The maximum Gasteiger partial charge on any atom is 0.234 e. The highest BCUT2D eigenvalue weighted by molar-refractivity contribution is 5.40. The maximum atomic E-state index is 5.54. The highest BCUT2D eigenvalue weighted by atomic mass is 16.5. The summed E-state index contributed by atoms with van der Waals surface area (Å²) in [6, 6.07) is 0.542. The van der Waals surface area contributed by atoms with E-state index in [1.54, 1.807) is 6.20 Å². The Morgan fingerprint density at radius 3 is 2.78 bits per heavy atom. The highest BCUT2D eigenvalue weighted by Crippen LogP contribution is 2.18. The van der Waals surface area contributed by atoms with Gasteiger partial charge < -0.3 is 15.0 Å². The number of hydrogen-bond acceptors (Lipinski definition) is 5. The Morgan fingerprint density at radius 1 is 1.33 bits per heavy atom. The molecule has 0 unspecified atom stereocenters. The van der Waals surface area contributed by atoms with Crippen molar-refractivity contribution in [1.29, 1.82) is 0 Å². The summed E-state index contributed by atoms with van der Waals surface area (Å²) in [5.41, 5.74) is 0. The second kappa shape index (κ2) is 6.54. The minimum absolute atomic E-state index is 0.542. The van der Waals surface area contributed by atoms with Crippen LogP contribution in [0.2, 0.25) is 0 Å². The van der Waals surface area contributed by atoms with Crippen molar-refractivity contribution in [3.8, 4) is 5.88 Å². The molecule has 1 aliphatic heterocycles. The molecule has 0 spiro atoms. The first-order valence-electron chi connectivity index (χ1n) is 6.77. The van der Waals surface area contributed by atoms with Gasteiger partial charge in [0.05, 0.1) is 25.0 Å². The third-order valence-electron chi connectivity index (χ3n) is 3.01. The first kappa shape index (κ1) is 13.1. The summed E-state index contributed by atoms with van der Waals surface area (Å²) in [6.07, 6.45) is 5.60. The van der Waals surface area contributed by atoms with Crippen molar-refractivity contribution in [2.24, 2.45) is 0 Å². The average Bonchev–Trinajstić information content (AvgIpc) is 2.34. The number of ether oxygens (including phenoxy) is 1. The zero-order valence-electron chi connectivity index (χ0n) is 11.2. The van der Waals surface area contributed by atoms with E-state index >= 15 is 0 Å². The van der Waals surface area contributed by atoms with E-state index in [0.29, 0.717) is 18.5 Å². The molecule has 0 amide bonds. The van der Waals surface area contributed by atoms with E-state index < -0.39 is 0 Å². The number of nitrogens with one attached hydrogen (secondary N) is 1. The Bertz CT molecular complexity index is 368. The molecule has 1 aromatic heterocycles. The van der Waals surface area contributed by atoms with Gasteiger partial charge in [-0.05, 0) is 12.8 Å². The summed E-state index contributed by atoms with van der Waals surface area (Å²) in [4.78, 5) is 11.1. The van der Waals surface area contributed by atoms with Crippen LogP contribution in [0.25, 0.3) is 0 Å². The van der Waals surface area contributed by atoms with E-state index in [1.807, 2.05) is 6.20 Å². The van der Waals surface area contributed by atoms with Gasteiger partial charge in [-0.2, -0.15) is 4.98 Å². The standard InChI is InChI=1S/C13H22N4O/c1-3-5-17(11-7-14-8-11)12-9-15-10-13(16-12)18-6-4-2/h9-11,14H,3-8H2,1-2H3. The van der Waals surface area contributed by atoms with E-state index in [4.69, 9.17) is 4.74 Å². The van der Waals surface area contributed by atoms with Crippen LogP contribution in [0.4, 0.5) is 5.82 Å². The van der Waals surface area contributed by atoms with Gasteiger partial charge in [0.1, 0.15) is 0 Å². The Kier molecular flexibility index (Phi) is 4.75. The number of nitrogens with zero attached hydrogens (tertiary/aromatic N) is 3. The van der Waals surface area contributed by atoms with E-state index in [2.05, 4.69) is 34.0 Å². The molecule has 1 aromatic rings. The molecule has 5 nitrogen and oxygen atoms in total. The fourth-order valence-corrected chi connectivity index (χ4v) is 1.97. The van der Waals surface area contributed by atoms with Crippen LogP contribution >= 0.6 is 0 Å². The minimum atomic E-state index is 0.542. The van der Waals surface area contributed by atoms with Gasteiger partial charge >= 0.3 is 0 Å². The lowest BCUT2D eigenvalue weighted by Gasteiger charge is -2.38. The van der Waals surface area contributed by atoms with Crippen molar-refractivity contribution in [2.75, 3.05) is 31.1 Å². The molecular formula is C13H22N4O. The van der Waals surface area contributed by atoms with Crippen LogP contribution in [-0.4, -0.2) is 42.3 Å². The van der Waals surface area contributed by atoms with E-state index in [-0.39, 0.29) is 0 Å². The molecule has 0 aliphatic carbocycles. The Morgan fingerprint density at radius 2 is 2.17 bits per heavy atom. The molecule has 2 heterocycles. The highest BCUT2D eigenvalue weighted by Gasteiger charge is 2.25. The van der Waals surface area contributed by atoms with E-state index in [9.17, 15) is 0 Å². The summed E-state index contributed by atoms with van der Waals surface area (Å²) in [6.45, 7) is 8.03. The van der Waals surface area contributed by atoms with Gasteiger partial charge in [-0.15, -0.1) is 0 Å². The Hall–Kier alpha value is -1.36. The third kappa shape index (κ3) is 3.10. The summed E-state index contributed by atoms with van der Waals surface area (Å²) in [7, 11) is 0. The van der Waals surface area contributed by atoms with Crippen molar-refractivity contribution in [1.82, 2.24) is 15.3 Å². The minimum Gasteiger partial charge on any atom is -0.477 e. The number of hydrogen-bond donors (Lipinski definition) is 1. The molecule has 18 heavy (non-hydrogen) atoms. The van der Waals surface area contributed by atoms with Crippen molar-refractivity contribution in [2.45, 2.75) is 32.7 Å². The SMILES string of the molecule is CCCOc1cncc(N(CCC)C2CNC2)n1. The van der Waals surface area contributed by atoms with Crippen LogP contribution < -0.4 is 15.0 Å². The van der Waals surface area contributed by atoms with Crippen LogP contribution in [0.15, 0.2) is 12.4 Å². The predicted molar refractivity (Wildman–Crippen MR) is 72.1 cm³/mol. The van der Waals surface area contributed by atoms with Gasteiger partial charge in [-0.3, -0.25) is 4.98 Å². The lowest BCUT2D eigenvalue weighted by Crippen LogP contribution is -2.57. The van der Waals surface area contributed by atoms with E-state index in [0.717, 1.165) is 38.3 Å².